The van der Waals surface area contributed by atoms with Crippen LogP contribution in [0.5, 0.6) is 0 Å². The van der Waals surface area contributed by atoms with E-state index < -0.39 is 0 Å². The minimum absolute atomic E-state index is 0.281. The van der Waals surface area contributed by atoms with Gasteiger partial charge in [0.25, 0.3) is 0 Å². The van der Waals surface area contributed by atoms with E-state index in [1.807, 2.05) is 55.8 Å². The minimum atomic E-state index is 0.281. The summed E-state index contributed by atoms with van der Waals surface area (Å²) in [6, 6.07) is 10.1. The Morgan fingerprint density at radius 2 is 1.52 bits per heavy atom. The molecule has 1 aliphatic heterocycles. The van der Waals surface area contributed by atoms with E-state index in [0.29, 0.717) is 5.92 Å². The van der Waals surface area contributed by atoms with Crippen molar-refractivity contribution in [3.05, 3.63) is 71.0 Å². The third-order valence-electron chi connectivity index (χ3n) is 10.2. The number of para-hydroxylation sites is 1. The molecule has 3 nitrogen and oxygen atoms in total. The Kier molecular flexibility index (Phi) is 19.2. The first-order valence-corrected chi connectivity index (χ1v) is 18.2. The normalized spacial score (nSPS) is 17.9. The van der Waals surface area contributed by atoms with Crippen molar-refractivity contribution in [2.45, 2.75) is 140 Å². The summed E-state index contributed by atoms with van der Waals surface area (Å²) < 4.78 is 1.84. The molecule has 0 amide bonds. The van der Waals surface area contributed by atoms with Crippen molar-refractivity contribution in [3.63, 3.8) is 0 Å². The van der Waals surface area contributed by atoms with E-state index in [1.54, 1.807) is 0 Å². The standard InChI is InChI=1S/C20H26ClN3.C13H24.C5H12.C2H6/c1-15(2)20(4)10-12-23(13-11-20)14-18-16(3)22-24(19(18)21)17-8-6-5-7-9-17;1-10(2)11(3)12(4)13-8-6-5-7-9-13;1-3-5-4-2;1-2/h5-9H,1,10-14H2,2-4H3;11-13H,1,5-9H2,2-4H3;3-5H2,1-2H3;1-2H3. The molecule has 1 aromatic heterocycles. The summed E-state index contributed by atoms with van der Waals surface area (Å²) in [6.45, 7) is 33.1. The molecule has 2 heterocycles. The summed E-state index contributed by atoms with van der Waals surface area (Å²) in [5.41, 5.74) is 6.09. The van der Waals surface area contributed by atoms with Gasteiger partial charge in [0, 0.05) is 12.1 Å². The molecule has 2 fully saturated rings. The van der Waals surface area contributed by atoms with E-state index >= 15 is 0 Å². The molecular weight excluding hydrogens is 558 g/mol. The number of nitrogens with zero attached hydrogens (tertiary/aromatic N) is 3. The van der Waals surface area contributed by atoms with Crippen LogP contribution < -0.4 is 0 Å². The Hall–Kier alpha value is -1.84. The first kappa shape index (κ1) is 40.2. The Labute approximate surface area is 278 Å². The zero-order valence-electron chi connectivity index (χ0n) is 30.4. The molecule has 0 N–H and O–H groups in total. The van der Waals surface area contributed by atoms with Crippen molar-refractivity contribution < 1.29 is 0 Å². The largest absolute Gasteiger partial charge is 0.299 e. The monoisotopic (exact) mass is 626 g/mol. The molecule has 0 bridgehead atoms. The first-order chi connectivity index (χ1) is 20.9. The van der Waals surface area contributed by atoms with Gasteiger partial charge < -0.3 is 0 Å². The number of aromatic nitrogens is 2. The van der Waals surface area contributed by atoms with Gasteiger partial charge in [0.2, 0.25) is 0 Å². The van der Waals surface area contributed by atoms with E-state index in [1.165, 1.54) is 62.5 Å². The van der Waals surface area contributed by atoms with Crippen LogP contribution in [0.1, 0.15) is 138 Å². The van der Waals surface area contributed by atoms with Gasteiger partial charge in [0.1, 0.15) is 5.15 Å². The van der Waals surface area contributed by atoms with Crippen molar-refractivity contribution in [1.82, 2.24) is 14.7 Å². The van der Waals surface area contributed by atoms with Crippen molar-refractivity contribution in [2.75, 3.05) is 13.1 Å². The number of hydrogen-bond acceptors (Lipinski definition) is 2. The highest BCUT2D eigenvalue weighted by Gasteiger charge is 2.31. The van der Waals surface area contributed by atoms with Crippen LogP contribution in [-0.4, -0.2) is 27.8 Å². The van der Waals surface area contributed by atoms with E-state index in [4.69, 9.17) is 11.6 Å². The Morgan fingerprint density at radius 1 is 0.977 bits per heavy atom. The van der Waals surface area contributed by atoms with Crippen LogP contribution >= 0.6 is 11.6 Å². The van der Waals surface area contributed by atoms with Crippen LogP contribution in [0.15, 0.2) is 54.6 Å². The van der Waals surface area contributed by atoms with Crippen molar-refractivity contribution in [1.29, 1.82) is 0 Å². The lowest BCUT2D eigenvalue weighted by Gasteiger charge is -2.40. The summed E-state index contributed by atoms with van der Waals surface area (Å²) >= 11 is 6.65. The molecule has 1 saturated carbocycles. The fourth-order valence-corrected chi connectivity index (χ4v) is 6.51. The highest BCUT2D eigenvalue weighted by Crippen LogP contribution is 2.38. The zero-order valence-corrected chi connectivity index (χ0v) is 31.2. The molecule has 2 aromatic rings. The number of rotatable bonds is 9. The predicted octanol–water partition coefficient (Wildman–Crippen LogP) is 12.7. The number of piperidine rings is 1. The third-order valence-corrected chi connectivity index (χ3v) is 10.5. The second kappa shape index (κ2) is 21.0. The number of allylic oxidation sites excluding steroid dienone is 2. The third kappa shape index (κ3) is 12.5. The number of halogens is 1. The van der Waals surface area contributed by atoms with Gasteiger partial charge in [-0.3, -0.25) is 4.90 Å². The second-order valence-electron chi connectivity index (χ2n) is 13.5. The van der Waals surface area contributed by atoms with E-state index in [-0.39, 0.29) is 5.41 Å². The van der Waals surface area contributed by atoms with Crippen molar-refractivity contribution >= 4 is 11.6 Å². The molecule has 1 saturated heterocycles. The molecule has 2 unspecified atom stereocenters. The Balaban J connectivity index is 0.000000406. The highest BCUT2D eigenvalue weighted by atomic mass is 35.5. The van der Waals surface area contributed by atoms with Crippen LogP contribution in [0.25, 0.3) is 5.69 Å². The molecule has 44 heavy (non-hydrogen) atoms. The smallest absolute Gasteiger partial charge is 0.137 e. The van der Waals surface area contributed by atoms with Gasteiger partial charge >= 0.3 is 0 Å². The van der Waals surface area contributed by atoms with Crippen molar-refractivity contribution in [3.8, 4) is 5.69 Å². The molecule has 2 aliphatic rings. The average Bonchev–Trinajstić information content (AvgIpc) is 3.32. The fourth-order valence-electron chi connectivity index (χ4n) is 6.18. The quantitative estimate of drug-likeness (QED) is 0.258. The number of hydrogen-bond donors (Lipinski definition) is 0. The molecule has 1 aromatic carbocycles. The van der Waals surface area contributed by atoms with Crippen LogP contribution in [0, 0.1) is 30.1 Å². The van der Waals surface area contributed by atoms with Gasteiger partial charge in [-0.15, -0.1) is 0 Å². The number of unbranched alkanes of at least 4 members (excludes halogenated alkanes) is 2. The van der Waals surface area contributed by atoms with Gasteiger partial charge in [0.05, 0.1) is 11.4 Å². The van der Waals surface area contributed by atoms with Crippen LogP contribution in [0.4, 0.5) is 0 Å². The average molecular weight is 626 g/mol. The molecule has 4 rings (SSSR count). The molecular formula is C40H68ClN3. The lowest BCUT2D eigenvalue weighted by Crippen LogP contribution is -2.38. The van der Waals surface area contributed by atoms with Gasteiger partial charge in [-0.25, -0.2) is 4.68 Å². The van der Waals surface area contributed by atoms with Gasteiger partial charge in [-0.2, -0.15) is 5.10 Å². The summed E-state index contributed by atoms with van der Waals surface area (Å²) in [5, 5.41) is 5.38. The SMILES string of the molecule is C=C(C)C(C)C(C)C1CCCCC1.C=C(C)C1(C)CCN(Cc2c(C)nn(-c3ccccc3)c2Cl)CC1.CC.CCCCC. The lowest BCUT2D eigenvalue weighted by molar-refractivity contribution is 0.138. The Morgan fingerprint density at radius 3 is 1.98 bits per heavy atom. The number of aryl methyl sites for hydroxylation is 1. The van der Waals surface area contributed by atoms with Gasteiger partial charge in [-0.1, -0.05) is 154 Å². The Bertz CT molecular complexity index is 1070. The summed E-state index contributed by atoms with van der Waals surface area (Å²) in [4.78, 5) is 2.48. The highest BCUT2D eigenvalue weighted by molar-refractivity contribution is 6.30. The van der Waals surface area contributed by atoms with E-state index in [2.05, 4.69) is 71.6 Å². The maximum atomic E-state index is 6.65. The molecule has 0 radical (unpaired) electrons. The maximum Gasteiger partial charge on any atom is 0.137 e. The van der Waals surface area contributed by atoms with Crippen molar-refractivity contribution in [2.24, 2.45) is 23.2 Å². The van der Waals surface area contributed by atoms with E-state index in [9.17, 15) is 0 Å². The molecule has 250 valence electrons. The molecule has 4 heteroatoms. The second-order valence-corrected chi connectivity index (χ2v) is 13.8. The topological polar surface area (TPSA) is 21.1 Å². The minimum Gasteiger partial charge on any atom is -0.299 e. The van der Waals surface area contributed by atoms with Crippen LogP contribution in [0.3, 0.4) is 0 Å². The summed E-state index contributed by atoms with van der Waals surface area (Å²) in [5.74, 6) is 2.53. The van der Waals surface area contributed by atoms with E-state index in [0.717, 1.165) is 66.4 Å². The lowest BCUT2D eigenvalue weighted by atomic mass is 9.74. The molecule has 0 spiro atoms. The summed E-state index contributed by atoms with van der Waals surface area (Å²) in [7, 11) is 0. The predicted molar refractivity (Wildman–Crippen MR) is 197 cm³/mol. The fraction of sp³-hybridized carbons (Fsp3) is 0.675. The van der Waals surface area contributed by atoms with Gasteiger partial charge in [-0.05, 0) is 82.0 Å². The number of benzene rings is 1. The first-order valence-electron chi connectivity index (χ1n) is 17.8. The molecule has 1 aliphatic carbocycles. The maximum absolute atomic E-state index is 6.65. The number of likely N-dealkylation sites (tertiary alicyclic amines) is 1. The van der Waals surface area contributed by atoms with Crippen LogP contribution in [-0.2, 0) is 6.54 Å². The van der Waals surface area contributed by atoms with Gasteiger partial charge in [0.15, 0.2) is 0 Å². The zero-order chi connectivity index (χ0) is 33.3. The van der Waals surface area contributed by atoms with Crippen LogP contribution in [0.2, 0.25) is 5.15 Å². The summed E-state index contributed by atoms with van der Waals surface area (Å²) in [6.07, 6.45) is 13.7. The molecule has 2 atom stereocenters.